The molecular weight excluding hydrogens is 426 g/mol. The minimum absolute atomic E-state index is 0.137. The lowest BCUT2D eigenvalue weighted by atomic mass is 9.88. The van der Waals surface area contributed by atoms with Gasteiger partial charge in [0, 0.05) is 47.7 Å². The van der Waals surface area contributed by atoms with Crippen LogP contribution in [0.4, 0.5) is 5.69 Å². The van der Waals surface area contributed by atoms with Gasteiger partial charge in [-0.1, -0.05) is 0 Å². The van der Waals surface area contributed by atoms with Gasteiger partial charge in [-0.3, -0.25) is 9.59 Å². The van der Waals surface area contributed by atoms with Crippen LogP contribution in [0.5, 0.6) is 0 Å². The molecular formula is C27H37N5O2. The van der Waals surface area contributed by atoms with Crippen LogP contribution in [0.15, 0.2) is 23.0 Å². The van der Waals surface area contributed by atoms with Gasteiger partial charge in [0.1, 0.15) is 0 Å². The summed E-state index contributed by atoms with van der Waals surface area (Å²) in [4.78, 5) is 33.0. The lowest BCUT2D eigenvalue weighted by molar-refractivity contribution is 0.0950. The van der Waals surface area contributed by atoms with Crippen molar-refractivity contribution >= 4 is 11.6 Å². The minimum Gasteiger partial charge on any atom is -0.369 e. The van der Waals surface area contributed by atoms with E-state index in [0.29, 0.717) is 28.8 Å². The molecule has 0 aliphatic heterocycles. The number of rotatable bonds is 7. The molecule has 0 saturated heterocycles. The van der Waals surface area contributed by atoms with Crippen LogP contribution >= 0.6 is 0 Å². The summed E-state index contributed by atoms with van der Waals surface area (Å²) in [6, 6.07) is 8.67. The van der Waals surface area contributed by atoms with E-state index in [4.69, 9.17) is 0 Å². The first kappa shape index (κ1) is 25.5. The van der Waals surface area contributed by atoms with Gasteiger partial charge in [-0.15, -0.1) is 0 Å². The van der Waals surface area contributed by atoms with Crippen LogP contribution in [0.1, 0.15) is 70.9 Å². The molecule has 7 heteroatoms. The van der Waals surface area contributed by atoms with Crippen molar-refractivity contribution in [3.8, 4) is 6.07 Å². The molecule has 2 N–H and O–H groups in total. The topological polar surface area (TPSA) is 92.2 Å². The number of hydrogen-bond donors (Lipinski definition) is 2. The fourth-order valence-electron chi connectivity index (χ4n) is 5.17. The molecule has 182 valence electrons. The fraction of sp³-hybridized carbons (Fsp3) is 0.519. The number of aromatic nitrogens is 1. The quantitative estimate of drug-likeness (QED) is 0.652. The SMILES string of the molecule is CCN(c1cc(C#N)cc(C(=O)NCc2c(C)cc(C)[nH]c2=O)c1C)[C@H]1CC[C@H](N(C)C)CC1. The molecule has 7 nitrogen and oxygen atoms in total. The van der Waals surface area contributed by atoms with Gasteiger partial charge in [0.2, 0.25) is 0 Å². The first-order valence-electron chi connectivity index (χ1n) is 12.1. The zero-order valence-corrected chi connectivity index (χ0v) is 21.3. The predicted molar refractivity (Wildman–Crippen MR) is 136 cm³/mol. The number of hydrogen-bond acceptors (Lipinski definition) is 5. The predicted octanol–water partition coefficient (Wildman–Crippen LogP) is 3.80. The van der Waals surface area contributed by atoms with Gasteiger partial charge >= 0.3 is 0 Å². The van der Waals surface area contributed by atoms with E-state index in [0.717, 1.165) is 54.7 Å². The van der Waals surface area contributed by atoms with Gasteiger partial charge < -0.3 is 20.1 Å². The van der Waals surface area contributed by atoms with E-state index in [-0.39, 0.29) is 18.0 Å². The number of anilines is 1. The summed E-state index contributed by atoms with van der Waals surface area (Å²) in [6.07, 6.45) is 4.46. The van der Waals surface area contributed by atoms with E-state index in [1.54, 1.807) is 6.07 Å². The highest BCUT2D eigenvalue weighted by Crippen LogP contribution is 2.33. The number of H-pyrrole nitrogens is 1. The summed E-state index contributed by atoms with van der Waals surface area (Å²) in [5.74, 6) is -0.275. The molecule has 1 aromatic heterocycles. The molecule has 1 fully saturated rings. The molecule has 0 radical (unpaired) electrons. The number of aromatic amines is 1. The number of nitrogens with zero attached hydrogens (tertiary/aromatic N) is 3. The van der Waals surface area contributed by atoms with Crippen molar-refractivity contribution in [3.63, 3.8) is 0 Å². The molecule has 1 amide bonds. The average Bonchev–Trinajstić information content (AvgIpc) is 2.80. The monoisotopic (exact) mass is 463 g/mol. The third-order valence-corrected chi connectivity index (χ3v) is 7.16. The van der Waals surface area contributed by atoms with Crippen LogP contribution in [-0.4, -0.2) is 48.5 Å². The molecule has 34 heavy (non-hydrogen) atoms. The number of nitriles is 1. The normalized spacial score (nSPS) is 17.9. The van der Waals surface area contributed by atoms with Crippen molar-refractivity contribution in [1.29, 1.82) is 5.26 Å². The molecule has 1 aliphatic carbocycles. The van der Waals surface area contributed by atoms with Crippen molar-refractivity contribution in [2.45, 2.75) is 72.0 Å². The van der Waals surface area contributed by atoms with Crippen molar-refractivity contribution in [1.82, 2.24) is 15.2 Å². The standard InChI is InChI=1S/C27H37N5O2/c1-7-32(22-10-8-21(9-11-22)31(5)6)25-14-20(15-28)13-23(19(25)4)26(33)29-16-24-17(2)12-18(3)30-27(24)34/h12-14,21-22H,7-11,16H2,1-6H3,(H,29,33)(H,30,34)/t21-,22-. The first-order valence-corrected chi connectivity index (χ1v) is 12.1. The number of amides is 1. The van der Waals surface area contributed by atoms with Crippen LogP contribution in [0.2, 0.25) is 0 Å². The number of carbonyl (C=O) groups is 1. The highest BCUT2D eigenvalue weighted by Gasteiger charge is 2.28. The smallest absolute Gasteiger partial charge is 0.253 e. The number of benzene rings is 1. The van der Waals surface area contributed by atoms with Gasteiger partial charge in [0.15, 0.2) is 0 Å². The van der Waals surface area contributed by atoms with Gasteiger partial charge in [-0.2, -0.15) is 5.26 Å². The summed E-state index contributed by atoms with van der Waals surface area (Å²) < 4.78 is 0. The van der Waals surface area contributed by atoms with Gasteiger partial charge in [-0.05, 0) is 96.8 Å². The molecule has 0 spiro atoms. The molecule has 1 aromatic carbocycles. The van der Waals surface area contributed by atoms with Crippen molar-refractivity contribution < 1.29 is 4.79 Å². The molecule has 2 aromatic rings. The highest BCUT2D eigenvalue weighted by molar-refractivity contribution is 5.97. The van der Waals surface area contributed by atoms with Crippen molar-refractivity contribution in [2.24, 2.45) is 0 Å². The van der Waals surface area contributed by atoms with Crippen LogP contribution in [0.3, 0.4) is 0 Å². The maximum Gasteiger partial charge on any atom is 0.253 e. The Morgan fingerprint density at radius 2 is 1.76 bits per heavy atom. The maximum atomic E-state index is 13.2. The molecule has 0 unspecified atom stereocenters. The Morgan fingerprint density at radius 1 is 1.12 bits per heavy atom. The number of nitrogens with one attached hydrogen (secondary N) is 2. The number of pyridine rings is 1. The molecule has 3 rings (SSSR count). The van der Waals surface area contributed by atoms with E-state index in [9.17, 15) is 14.9 Å². The molecule has 0 atom stereocenters. The molecule has 1 saturated carbocycles. The Labute approximate surface area is 202 Å². The van der Waals surface area contributed by atoms with Gasteiger partial charge in [0.05, 0.1) is 11.6 Å². The highest BCUT2D eigenvalue weighted by atomic mass is 16.1. The van der Waals surface area contributed by atoms with E-state index in [1.165, 1.54) is 0 Å². The van der Waals surface area contributed by atoms with Crippen molar-refractivity contribution in [3.05, 3.63) is 62.1 Å². The number of carbonyl (C=O) groups excluding carboxylic acids is 1. The van der Waals surface area contributed by atoms with E-state index >= 15 is 0 Å². The second kappa shape index (κ2) is 10.9. The van der Waals surface area contributed by atoms with Gasteiger partial charge in [-0.25, -0.2) is 0 Å². The lowest BCUT2D eigenvalue weighted by Gasteiger charge is -2.40. The van der Waals surface area contributed by atoms with E-state index < -0.39 is 0 Å². The average molecular weight is 464 g/mol. The zero-order valence-electron chi connectivity index (χ0n) is 21.3. The minimum atomic E-state index is -0.275. The Bertz CT molecular complexity index is 1140. The summed E-state index contributed by atoms with van der Waals surface area (Å²) in [6.45, 7) is 8.73. The third kappa shape index (κ3) is 5.51. The first-order chi connectivity index (χ1) is 16.2. The maximum absolute atomic E-state index is 13.2. The second-order valence-corrected chi connectivity index (χ2v) is 9.62. The molecule has 1 aliphatic rings. The summed E-state index contributed by atoms with van der Waals surface area (Å²) in [7, 11) is 4.28. The molecule has 1 heterocycles. The van der Waals surface area contributed by atoms with Crippen LogP contribution < -0.4 is 15.8 Å². The van der Waals surface area contributed by atoms with Crippen molar-refractivity contribution in [2.75, 3.05) is 25.5 Å². The van der Waals surface area contributed by atoms with E-state index in [1.807, 2.05) is 32.9 Å². The largest absolute Gasteiger partial charge is 0.369 e. The van der Waals surface area contributed by atoms with Crippen LogP contribution in [0, 0.1) is 32.1 Å². The van der Waals surface area contributed by atoms with E-state index in [2.05, 4.69) is 47.2 Å². The summed E-state index contributed by atoms with van der Waals surface area (Å²) >= 11 is 0. The zero-order chi connectivity index (χ0) is 25.0. The summed E-state index contributed by atoms with van der Waals surface area (Å²) in [5, 5.41) is 12.6. The molecule has 0 bridgehead atoms. The Kier molecular flexibility index (Phi) is 8.16. The summed E-state index contributed by atoms with van der Waals surface area (Å²) in [5.41, 5.74) is 4.75. The Balaban J connectivity index is 1.86. The van der Waals surface area contributed by atoms with Crippen LogP contribution in [0.25, 0.3) is 0 Å². The third-order valence-electron chi connectivity index (χ3n) is 7.16. The fourth-order valence-corrected chi connectivity index (χ4v) is 5.17. The van der Waals surface area contributed by atoms with Gasteiger partial charge in [0.25, 0.3) is 11.5 Å². The number of aryl methyl sites for hydroxylation is 2. The second-order valence-electron chi connectivity index (χ2n) is 9.62. The lowest BCUT2D eigenvalue weighted by Crippen LogP contribution is -2.42. The Morgan fingerprint density at radius 3 is 2.32 bits per heavy atom. The Hall–Kier alpha value is -3.11. The van der Waals surface area contributed by atoms with Crippen LogP contribution in [-0.2, 0) is 6.54 Å².